The highest BCUT2D eigenvalue weighted by atomic mass is 79.9. The lowest BCUT2D eigenvalue weighted by atomic mass is 10.00. The summed E-state index contributed by atoms with van der Waals surface area (Å²) in [7, 11) is 0. The first-order chi connectivity index (χ1) is 11.8. The Labute approximate surface area is 149 Å². The van der Waals surface area contributed by atoms with Crippen LogP contribution >= 0.6 is 15.9 Å². The van der Waals surface area contributed by atoms with Gasteiger partial charge in [-0.15, -0.1) is 5.10 Å². The summed E-state index contributed by atoms with van der Waals surface area (Å²) in [5.41, 5.74) is 2.97. The molecule has 0 saturated carbocycles. The Balaban J connectivity index is 1.82. The van der Waals surface area contributed by atoms with E-state index in [1.807, 2.05) is 17.0 Å². The van der Waals surface area contributed by atoms with Crippen LogP contribution in [0.15, 0.2) is 28.7 Å². The number of anilines is 1. The molecule has 0 saturated heterocycles. The molecular weight excluding hydrogens is 399 g/mol. The monoisotopic (exact) mass is 411 g/mol. The van der Waals surface area contributed by atoms with Gasteiger partial charge in [0.05, 0.1) is 0 Å². The van der Waals surface area contributed by atoms with E-state index in [2.05, 4.69) is 37.1 Å². The van der Waals surface area contributed by atoms with Crippen LogP contribution in [-0.4, -0.2) is 26.1 Å². The van der Waals surface area contributed by atoms with Gasteiger partial charge in [0.1, 0.15) is 5.82 Å². The van der Waals surface area contributed by atoms with Crippen molar-refractivity contribution >= 4 is 27.5 Å². The van der Waals surface area contributed by atoms with Crippen molar-refractivity contribution in [2.24, 2.45) is 0 Å². The summed E-state index contributed by atoms with van der Waals surface area (Å²) in [5, 5.41) is 3.64. The normalized spacial score (nSPS) is 14.8. The molecule has 1 aromatic carbocycles. The minimum absolute atomic E-state index is 0.0414. The van der Waals surface area contributed by atoms with Crippen molar-refractivity contribution in [1.82, 2.24) is 19.6 Å². The molecule has 0 spiro atoms. The number of halogens is 4. The Morgan fingerprint density at radius 3 is 2.76 bits per heavy atom. The fourth-order valence-corrected chi connectivity index (χ4v) is 3.58. The average Bonchev–Trinajstić information content (AvgIpc) is 2.98. The molecule has 1 aliphatic heterocycles. The second kappa shape index (κ2) is 5.69. The predicted octanol–water partition coefficient (Wildman–Crippen LogP) is 3.78. The van der Waals surface area contributed by atoms with Crippen molar-refractivity contribution in [3.8, 4) is 0 Å². The zero-order chi connectivity index (χ0) is 17.8. The molecule has 2 aromatic heterocycles. The number of rotatable bonds is 1. The van der Waals surface area contributed by atoms with E-state index in [9.17, 15) is 13.2 Å². The third-order valence-corrected chi connectivity index (χ3v) is 4.96. The third kappa shape index (κ3) is 2.86. The highest BCUT2D eigenvalue weighted by Gasteiger charge is 2.37. The van der Waals surface area contributed by atoms with Gasteiger partial charge in [-0.2, -0.15) is 22.7 Å². The minimum Gasteiger partial charge on any atom is -0.352 e. The van der Waals surface area contributed by atoms with E-state index in [4.69, 9.17) is 0 Å². The number of aryl methyl sites for hydroxylation is 1. The summed E-state index contributed by atoms with van der Waals surface area (Å²) in [6.07, 6.45) is -3.80. The lowest BCUT2D eigenvalue weighted by Gasteiger charge is -2.31. The molecule has 130 valence electrons. The molecule has 5 nitrogen and oxygen atoms in total. The van der Waals surface area contributed by atoms with Crippen LogP contribution in [0.5, 0.6) is 0 Å². The molecule has 0 radical (unpaired) electrons. The standard InChI is InChI=1S/C16H13BrF3N5/c1-9-7-13(25-15(21-9)22-14(23-25)16(18,19)20)24-6-5-10-3-2-4-12(17)11(10)8-24/h2-4,7H,5-6,8H2,1H3. The number of benzene rings is 1. The maximum Gasteiger partial charge on any atom is 0.453 e. The lowest BCUT2D eigenvalue weighted by Crippen LogP contribution is -2.32. The van der Waals surface area contributed by atoms with E-state index >= 15 is 0 Å². The van der Waals surface area contributed by atoms with E-state index in [1.54, 1.807) is 13.0 Å². The van der Waals surface area contributed by atoms with E-state index in [1.165, 1.54) is 10.1 Å². The van der Waals surface area contributed by atoms with Gasteiger partial charge < -0.3 is 4.90 Å². The first-order valence-electron chi connectivity index (χ1n) is 7.66. The number of nitrogens with zero attached hydrogens (tertiary/aromatic N) is 5. The van der Waals surface area contributed by atoms with E-state index in [0.717, 1.165) is 16.5 Å². The van der Waals surface area contributed by atoms with Gasteiger partial charge >= 0.3 is 6.18 Å². The second-order valence-corrected chi connectivity index (χ2v) is 6.80. The number of hydrogen-bond donors (Lipinski definition) is 0. The van der Waals surface area contributed by atoms with Gasteiger partial charge in [0.25, 0.3) is 11.6 Å². The third-order valence-electron chi connectivity index (χ3n) is 4.21. The molecule has 0 fully saturated rings. The molecule has 0 atom stereocenters. The van der Waals surface area contributed by atoms with Crippen molar-refractivity contribution in [1.29, 1.82) is 0 Å². The summed E-state index contributed by atoms with van der Waals surface area (Å²) in [4.78, 5) is 9.63. The zero-order valence-corrected chi connectivity index (χ0v) is 14.8. The highest BCUT2D eigenvalue weighted by Crippen LogP contribution is 2.31. The second-order valence-electron chi connectivity index (χ2n) is 5.95. The molecule has 0 bridgehead atoms. The molecule has 0 amide bonds. The first-order valence-corrected chi connectivity index (χ1v) is 8.45. The van der Waals surface area contributed by atoms with Crippen LogP contribution in [0.25, 0.3) is 5.78 Å². The van der Waals surface area contributed by atoms with Crippen LogP contribution < -0.4 is 4.90 Å². The topological polar surface area (TPSA) is 46.3 Å². The van der Waals surface area contributed by atoms with Crippen LogP contribution in [0, 0.1) is 6.92 Å². The molecule has 0 unspecified atom stereocenters. The van der Waals surface area contributed by atoms with Crippen LogP contribution in [-0.2, 0) is 19.1 Å². The smallest absolute Gasteiger partial charge is 0.352 e. The fraction of sp³-hybridized carbons (Fsp3) is 0.312. The first kappa shape index (κ1) is 16.3. The molecule has 9 heteroatoms. The lowest BCUT2D eigenvalue weighted by molar-refractivity contribution is -0.144. The molecule has 1 aliphatic rings. The zero-order valence-electron chi connectivity index (χ0n) is 13.2. The van der Waals surface area contributed by atoms with E-state index in [0.29, 0.717) is 24.6 Å². The van der Waals surface area contributed by atoms with Crippen molar-refractivity contribution in [3.63, 3.8) is 0 Å². The maximum absolute atomic E-state index is 13.0. The van der Waals surface area contributed by atoms with Gasteiger partial charge in [-0.25, -0.2) is 4.98 Å². The van der Waals surface area contributed by atoms with Gasteiger partial charge in [0.15, 0.2) is 0 Å². The molecular formula is C16H13BrF3N5. The largest absolute Gasteiger partial charge is 0.453 e. The fourth-order valence-electron chi connectivity index (χ4n) is 3.05. The molecule has 3 aromatic rings. The van der Waals surface area contributed by atoms with Crippen LogP contribution in [0.4, 0.5) is 19.0 Å². The Morgan fingerprint density at radius 2 is 2.00 bits per heavy atom. The van der Waals surface area contributed by atoms with Crippen LogP contribution in [0.1, 0.15) is 22.6 Å². The summed E-state index contributed by atoms with van der Waals surface area (Å²) in [6.45, 7) is 3.00. The Kier molecular flexibility index (Phi) is 3.71. The number of hydrogen-bond acceptors (Lipinski definition) is 4. The van der Waals surface area contributed by atoms with Crippen molar-refractivity contribution in [2.75, 3.05) is 11.4 Å². The Bertz CT molecular complexity index is 966. The summed E-state index contributed by atoms with van der Waals surface area (Å²) >= 11 is 3.55. The van der Waals surface area contributed by atoms with Crippen LogP contribution in [0.2, 0.25) is 0 Å². The average molecular weight is 412 g/mol. The number of fused-ring (bicyclic) bond motifs is 2. The number of aromatic nitrogens is 4. The molecule has 0 N–H and O–H groups in total. The minimum atomic E-state index is -4.60. The quantitative estimate of drug-likeness (QED) is 0.611. The summed E-state index contributed by atoms with van der Waals surface area (Å²) < 4.78 is 41.1. The molecule has 0 aliphatic carbocycles. The molecule has 25 heavy (non-hydrogen) atoms. The Hall–Kier alpha value is -2.16. The van der Waals surface area contributed by atoms with Gasteiger partial charge in [-0.1, -0.05) is 28.1 Å². The Morgan fingerprint density at radius 1 is 1.20 bits per heavy atom. The summed E-state index contributed by atoms with van der Waals surface area (Å²) in [5.74, 6) is -0.655. The SMILES string of the molecule is Cc1cc(N2CCc3cccc(Br)c3C2)n2nc(C(F)(F)F)nc2n1. The van der Waals surface area contributed by atoms with Gasteiger partial charge in [0, 0.05) is 29.3 Å². The predicted molar refractivity (Wildman–Crippen MR) is 89.4 cm³/mol. The van der Waals surface area contributed by atoms with Crippen molar-refractivity contribution in [2.45, 2.75) is 26.1 Å². The van der Waals surface area contributed by atoms with E-state index in [-0.39, 0.29) is 5.78 Å². The van der Waals surface area contributed by atoms with Gasteiger partial charge in [0.2, 0.25) is 0 Å². The van der Waals surface area contributed by atoms with E-state index < -0.39 is 12.0 Å². The highest BCUT2D eigenvalue weighted by molar-refractivity contribution is 9.10. The molecule has 3 heterocycles. The summed E-state index contributed by atoms with van der Waals surface area (Å²) in [6, 6.07) is 7.76. The van der Waals surface area contributed by atoms with Crippen LogP contribution in [0.3, 0.4) is 0 Å². The molecule has 4 rings (SSSR count). The maximum atomic E-state index is 13.0. The van der Waals surface area contributed by atoms with Gasteiger partial charge in [-0.05, 0) is 30.5 Å². The van der Waals surface area contributed by atoms with Crippen molar-refractivity contribution in [3.05, 3.63) is 51.4 Å². The van der Waals surface area contributed by atoms with Gasteiger partial charge in [-0.3, -0.25) is 0 Å². The van der Waals surface area contributed by atoms with Crippen molar-refractivity contribution < 1.29 is 13.2 Å². The number of alkyl halides is 3.